The van der Waals surface area contributed by atoms with Crippen LogP contribution >= 0.6 is 0 Å². The van der Waals surface area contributed by atoms with Crippen LogP contribution in [0.25, 0.3) is 0 Å². The molecule has 0 aliphatic carbocycles. The minimum atomic E-state index is -0.330. The van der Waals surface area contributed by atoms with Crippen molar-refractivity contribution in [1.82, 2.24) is 10.3 Å². The number of pyridine rings is 1. The van der Waals surface area contributed by atoms with E-state index < -0.39 is 0 Å². The average Bonchev–Trinajstić information content (AvgIpc) is 2.71. The van der Waals surface area contributed by atoms with Gasteiger partial charge in [0, 0.05) is 31.5 Å². The van der Waals surface area contributed by atoms with Crippen LogP contribution in [0.5, 0.6) is 5.75 Å². The lowest BCUT2D eigenvalue weighted by atomic mass is 9.95. The van der Waals surface area contributed by atoms with E-state index in [0.29, 0.717) is 25.3 Å². The zero-order valence-corrected chi connectivity index (χ0v) is 17.3. The number of hydrogen-bond acceptors (Lipinski definition) is 6. The number of rotatable bonds is 6. The van der Waals surface area contributed by atoms with Crippen LogP contribution in [0.3, 0.4) is 0 Å². The molecule has 0 unspecified atom stereocenters. The van der Waals surface area contributed by atoms with Gasteiger partial charge in [-0.25, -0.2) is 0 Å². The first-order chi connectivity index (χ1) is 13.9. The summed E-state index contributed by atoms with van der Waals surface area (Å²) in [5.74, 6) is 0.757. The summed E-state index contributed by atoms with van der Waals surface area (Å²) in [5, 5.41) is 12.6. The lowest BCUT2D eigenvalue weighted by molar-refractivity contribution is -0.124. The third-order valence-electron chi connectivity index (χ3n) is 5.30. The van der Waals surface area contributed by atoms with Crippen molar-refractivity contribution in [3.05, 3.63) is 53.3 Å². The van der Waals surface area contributed by atoms with Crippen molar-refractivity contribution in [2.45, 2.75) is 45.5 Å². The van der Waals surface area contributed by atoms with E-state index in [2.05, 4.69) is 10.3 Å². The molecule has 2 heterocycles. The van der Waals surface area contributed by atoms with E-state index in [4.69, 9.17) is 10.5 Å². The fourth-order valence-electron chi connectivity index (χ4n) is 3.74. The molecule has 0 radical (unpaired) electrons. The van der Waals surface area contributed by atoms with Gasteiger partial charge >= 0.3 is 0 Å². The van der Waals surface area contributed by atoms with Crippen LogP contribution in [-0.4, -0.2) is 41.7 Å². The molecule has 1 aromatic heterocycles. The number of nitrogens with zero attached hydrogens (tertiary/aromatic N) is 2. The number of aliphatic hydroxyl groups excluding tert-OH is 1. The number of aromatic nitrogens is 1. The first-order valence-electron chi connectivity index (χ1n) is 9.96. The van der Waals surface area contributed by atoms with E-state index in [0.717, 1.165) is 22.5 Å². The Hall–Kier alpha value is -2.64. The summed E-state index contributed by atoms with van der Waals surface area (Å²) >= 11 is 0. The quantitative estimate of drug-likeness (QED) is 0.684. The van der Waals surface area contributed by atoms with Crippen molar-refractivity contribution < 1.29 is 14.6 Å². The zero-order chi connectivity index (χ0) is 21.0. The molecule has 0 fully saturated rings. The highest BCUT2D eigenvalue weighted by Crippen LogP contribution is 2.31. The molecular formula is C22H30N4O3. The molecule has 7 nitrogen and oxygen atoms in total. The predicted octanol–water partition coefficient (Wildman–Crippen LogP) is 1.61. The second-order valence-electron chi connectivity index (χ2n) is 7.83. The van der Waals surface area contributed by atoms with Crippen LogP contribution in [0.4, 0.5) is 5.69 Å². The lowest BCUT2D eigenvalue weighted by Gasteiger charge is -2.37. The number of fused-ring (bicyclic) bond motifs is 1. The lowest BCUT2D eigenvalue weighted by Crippen LogP contribution is -2.54. The molecule has 4 N–H and O–H groups in total. The van der Waals surface area contributed by atoms with E-state index in [1.165, 1.54) is 0 Å². The van der Waals surface area contributed by atoms with Gasteiger partial charge in [-0.05, 0) is 35.6 Å². The molecule has 1 aliphatic rings. The molecule has 2 atom stereocenters. The zero-order valence-electron chi connectivity index (χ0n) is 17.3. The van der Waals surface area contributed by atoms with E-state index in [-0.39, 0.29) is 30.5 Å². The number of hydrogen-bond donors (Lipinski definition) is 3. The van der Waals surface area contributed by atoms with E-state index in [1.54, 1.807) is 6.20 Å². The van der Waals surface area contributed by atoms with Crippen molar-refractivity contribution in [1.29, 1.82) is 0 Å². The number of likely N-dealkylation sites (N-methyl/N-ethyl adjacent to an activating group) is 1. The Morgan fingerprint density at radius 3 is 2.76 bits per heavy atom. The molecule has 0 bridgehead atoms. The van der Waals surface area contributed by atoms with Crippen molar-refractivity contribution in [2.24, 2.45) is 11.7 Å². The Balaban J connectivity index is 1.85. The number of anilines is 1. The maximum atomic E-state index is 12.7. The van der Waals surface area contributed by atoms with Crippen LogP contribution in [0.1, 0.15) is 30.7 Å². The van der Waals surface area contributed by atoms with E-state index in [1.807, 2.05) is 56.1 Å². The number of carbonyl (C=O) groups is 1. The number of carbonyl (C=O) groups excluding carboxylic acids is 1. The fraction of sp³-hybridized carbons (Fsp3) is 0.455. The number of aliphatic hydroxyl groups is 1. The summed E-state index contributed by atoms with van der Waals surface area (Å²) in [6.07, 6.45) is 2.32. The Morgan fingerprint density at radius 1 is 1.34 bits per heavy atom. The Bertz CT molecular complexity index is 838. The maximum Gasteiger partial charge on any atom is 0.243 e. The summed E-state index contributed by atoms with van der Waals surface area (Å²) in [7, 11) is 1.93. The molecule has 7 heteroatoms. The van der Waals surface area contributed by atoms with Crippen LogP contribution < -0.4 is 20.7 Å². The molecular weight excluding hydrogens is 368 g/mol. The molecule has 2 aromatic rings. The molecule has 3 rings (SSSR count). The molecule has 29 heavy (non-hydrogen) atoms. The third kappa shape index (κ3) is 4.86. The predicted molar refractivity (Wildman–Crippen MR) is 113 cm³/mol. The summed E-state index contributed by atoms with van der Waals surface area (Å²) in [5.41, 5.74) is 9.42. The van der Waals surface area contributed by atoms with Gasteiger partial charge < -0.3 is 25.8 Å². The van der Waals surface area contributed by atoms with E-state index in [9.17, 15) is 9.90 Å². The Morgan fingerprint density at radius 2 is 2.14 bits per heavy atom. The SMILES string of the molecule is CC(C)[C@H]1C(=O)N[C@H](CO)Cc2ccc(OCc3ccc(CN)cn3)cc2N1C. The number of amides is 1. The van der Waals surface area contributed by atoms with Gasteiger partial charge in [-0.15, -0.1) is 0 Å². The fourth-order valence-corrected chi connectivity index (χ4v) is 3.74. The molecule has 1 amide bonds. The number of nitrogens with one attached hydrogen (secondary N) is 1. The van der Waals surface area contributed by atoms with Gasteiger partial charge in [0.15, 0.2) is 0 Å². The number of benzene rings is 1. The molecule has 0 saturated heterocycles. The topological polar surface area (TPSA) is 101 Å². The standard InChI is InChI=1S/C22H30N4O3/c1-14(2)21-22(28)25-18(12-27)8-16-5-7-19(9-20(16)26(21)3)29-13-17-6-4-15(10-23)11-24-17/h4-7,9,11,14,18,21,27H,8,10,12-13,23H2,1-3H3,(H,25,28)/t18-,21-/m0/s1. The normalized spacial score (nSPS) is 19.4. The van der Waals surface area contributed by atoms with Crippen molar-refractivity contribution in [3.63, 3.8) is 0 Å². The van der Waals surface area contributed by atoms with Gasteiger partial charge in [0.05, 0.1) is 18.3 Å². The number of nitrogens with two attached hydrogens (primary N) is 1. The van der Waals surface area contributed by atoms with Gasteiger partial charge in [-0.2, -0.15) is 0 Å². The monoisotopic (exact) mass is 398 g/mol. The molecule has 0 saturated carbocycles. The van der Waals surface area contributed by atoms with Crippen molar-refractivity contribution in [2.75, 3.05) is 18.6 Å². The Kier molecular flexibility index (Phi) is 6.71. The van der Waals surface area contributed by atoms with Crippen LogP contribution in [-0.2, 0) is 24.4 Å². The van der Waals surface area contributed by atoms with Gasteiger partial charge in [0.1, 0.15) is 18.4 Å². The second kappa shape index (κ2) is 9.24. The minimum absolute atomic E-state index is 0.0669. The highest BCUT2D eigenvalue weighted by Gasteiger charge is 2.32. The van der Waals surface area contributed by atoms with Crippen molar-refractivity contribution >= 4 is 11.6 Å². The molecule has 0 spiro atoms. The van der Waals surface area contributed by atoms with Crippen LogP contribution in [0.15, 0.2) is 36.5 Å². The first kappa shape index (κ1) is 21.1. The van der Waals surface area contributed by atoms with Gasteiger partial charge in [-0.1, -0.05) is 26.0 Å². The Labute approximate surface area is 171 Å². The molecule has 156 valence electrons. The average molecular weight is 399 g/mol. The summed E-state index contributed by atoms with van der Waals surface area (Å²) in [6.45, 7) is 4.76. The highest BCUT2D eigenvalue weighted by atomic mass is 16.5. The van der Waals surface area contributed by atoms with Crippen LogP contribution in [0, 0.1) is 5.92 Å². The van der Waals surface area contributed by atoms with Gasteiger partial charge in [0.25, 0.3) is 0 Å². The maximum absolute atomic E-state index is 12.7. The summed E-state index contributed by atoms with van der Waals surface area (Å²) < 4.78 is 5.96. The summed E-state index contributed by atoms with van der Waals surface area (Å²) in [4.78, 5) is 19.1. The smallest absolute Gasteiger partial charge is 0.243 e. The van der Waals surface area contributed by atoms with E-state index >= 15 is 0 Å². The largest absolute Gasteiger partial charge is 0.487 e. The van der Waals surface area contributed by atoms with Gasteiger partial charge in [-0.3, -0.25) is 9.78 Å². The minimum Gasteiger partial charge on any atom is -0.487 e. The second-order valence-corrected chi connectivity index (χ2v) is 7.83. The third-order valence-corrected chi connectivity index (χ3v) is 5.30. The molecule has 1 aliphatic heterocycles. The van der Waals surface area contributed by atoms with Gasteiger partial charge in [0.2, 0.25) is 5.91 Å². The molecule has 1 aromatic carbocycles. The van der Waals surface area contributed by atoms with Crippen LogP contribution in [0.2, 0.25) is 0 Å². The number of ether oxygens (including phenoxy) is 1. The van der Waals surface area contributed by atoms with Crippen molar-refractivity contribution in [3.8, 4) is 5.75 Å². The highest BCUT2D eigenvalue weighted by molar-refractivity contribution is 5.86. The first-order valence-corrected chi connectivity index (χ1v) is 9.96. The summed E-state index contributed by atoms with van der Waals surface area (Å²) in [6, 6.07) is 9.11.